The Bertz CT molecular complexity index is 831. The van der Waals surface area contributed by atoms with Gasteiger partial charge in [0, 0.05) is 23.5 Å². The maximum absolute atomic E-state index is 12.1. The number of anilines is 1. The van der Waals surface area contributed by atoms with Crippen LogP contribution in [-0.2, 0) is 18.3 Å². The Balaban J connectivity index is 1.55. The number of aromatic nitrogens is 2. The van der Waals surface area contributed by atoms with Crippen molar-refractivity contribution < 1.29 is 4.79 Å². The molecule has 22 heavy (non-hydrogen) atoms. The van der Waals surface area contributed by atoms with E-state index >= 15 is 0 Å². The molecule has 5 heteroatoms. The quantitative estimate of drug-likeness (QED) is 0.798. The van der Waals surface area contributed by atoms with Gasteiger partial charge in [0.05, 0.1) is 17.5 Å². The van der Waals surface area contributed by atoms with E-state index in [1.807, 2.05) is 35.7 Å². The summed E-state index contributed by atoms with van der Waals surface area (Å²) in [6, 6.07) is 9.90. The molecular weight excluding hydrogens is 294 g/mol. The number of imidazole rings is 1. The number of aryl methyl sites for hydroxylation is 1. The maximum atomic E-state index is 12.1. The molecule has 1 N–H and O–H groups in total. The second-order valence-corrected chi connectivity index (χ2v) is 6.84. The smallest absolute Gasteiger partial charge is 0.229 e. The molecule has 4 nitrogen and oxygen atoms in total. The zero-order valence-corrected chi connectivity index (χ0v) is 13.2. The lowest BCUT2D eigenvalue weighted by Crippen LogP contribution is -2.13. The van der Waals surface area contributed by atoms with Crippen molar-refractivity contribution in [1.29, 1.82) is 0 Å². The van der Waals surface area contributed by atoms with Gasteiger partial charge in [-0.3, -0.25) is 4.79 Å². The Kier molecular flexibility index (Phi) is 3.22. The van der Waals surface area contributed by atoms with Gasteiger partial charge in [-0.2, -0.15) is 0 Å². The van der Waals surface area contributed by atoms with Crippen molar-refractivity contribution in [1.82, 2.24) is 9.55 Å². The number of hydrogen-bond acceptors (Lipinski definition) is 3. The lowest BCUT2D eigenvalue weighted by atomic mass is 10.2. The summed E-state index contributed by atoms with van der Waals surface area (Å²) < 4.78 is 2.17. The van der Waals surface area contributed by atoms with E-state index in [0.717, 1.165) is 27.4 Å². The summed E-state index contributed by atoms with van der Waals surface area (Å²) in [5.41, 5.74) is 2.89. The van der Waals surface area contributed by atoms with Crippen LogP contribution in [0.3, 0.4) is 0 Å². The number of hydrogen-bond donors (Lipinski definition) is 1. The molecule has 112 valence electrons. The predicted molar refractivity (Wildman–Crippen MR) is 89.3 cm³/mol. The summed E-state index contributed by atoms with van der Waals surface area (Å²) in [6.07, 6.45) is 2.90. The van der Waals surface area contributed by atoms with E-state index in [4.69, 9.17) is 4.98 Å². The number of carbonyl (C=O) groups excluding carboxylic acids is 1. The first-order valence-electron chi connectivity index (χ1n) is 7.49. The maximum Gasteiger partial charge on any atom is 0.229 e. The van der Waals surface area contributed by atoms with E-state index in [2.05, 4.69) is 16.9 Å². The summed E-state index contributed by atoms with van der Waals surface area (Å²) in [5.74, 6) is 1.80. The van der Waals surface area contributed by atoms with Gasteiger partial charge in [-0.05, 0) is 42.5 Å². The van der Waals surface area contributed by atoms with Crippen LogP contribution in [0.15, 0.2) is 35.7 Å². The van der Waals surface area contributed by atoms with E-state index in [9.17, 15) is 4.79 Å². The van der Waals surface area contributed by atoms with Crippen LogP contribution in [0.2, 0.25) is 0 Å². The summed E-state index contributed by atoms with van der Waals surface area (Å²) >= 11 is 1.60. The molecule has 0 atom stereocenters. The van der Waals surface area contributed by atoms with E-state index in [0.29, 0.717) is 12.3 Å². The number of fused-ring (bicyclic) bond motifs is 1. The Labute approximate surface area is 132 Å². The van der Waals surface area contributed by atoms with Crippen LogP contribution >= 0.6 is 11.3 Å². The second-order valence-electron chi connectivity index (χ2n) is 5.81. The van der Waals surface area contributed by atoms with Crippen LogP contribution in [0.5, 0.6) is 0 Å². The molecule has 0 aliphatic heterocycles. The minimum absolute atomic E-state index is 0.0140. The minimum Gasteiger partial charge on any atom is -0.331 e. The molecule has 1 fully saturated rings. The molecule has 0 saturated heterocycles. The number of rotatable bonds is 4. The molecule has 0 bridgehead atoms. The fourth-order valence-corrected chi connectivity index (χ4v) is 3.48. The van der Waals surface area contributed by atoms with Crippen LogP contribution in [-0.4, -0.2) is 15.5 Å². The largest absolute Gasteiger partial charge is 0.331 e. The number of nitrogens with one attached hydrogen (secondary N) is 1. The highest BCUT2D eigenvalue weighted by atomic mass is 32.1. The number of carbonyl (C=O) groups is 1. The molecule has 1 saturated carbocycles. The molecule has 0 unspecified atom stereocenters. The third-order valence-corrected chi connectivity index (χ3v) is 4.93. The van der Waals surface area contributed by atoms with Crippen molar-refractivity contribution in [3.63, 3.8) is 0 Å². The van der Waals surface area contributed by atoms with Gasteiger partial charge in [0.25, 0.3) is 0 Å². The fourth-order valence-electron chi connectivity index (χ4n) is 2.78. The number of thiophene rings is 1. The zero-order chi connectivity index (χ0) is 15.1. The van der Waals surface area contributed by atoms with Gasteiger partial charge >= 0.3 is 0 Å². The Morgan fingerprint density at radius 3 is 3.00 bits per heavy atom. The highest BCUT2D eigenvalue weighted by Gasteiger charge is 2.28. The second kappa shape index (κ2) is 5.25. The number of nitrogens with zero attached hydrogens (tertiary/aromatic N) is 2. The Morgan fingerprint density at radius 1 is 1.41 bits per heavy atom. The van der Waals surface area contributed by atoms with Gasteiger partial charge in [-0.25, -0.2) is 4.98 Å². The summed E-state index contributed by atoms with van der Waals surface area (Å²) in [4.78, 5) is 17.9. The number of benzene rings is 1. The molecule has 2 aromatic heterocycles. The van der Waals surface area contributed by atoms with Gasteiger partial charge in [-0.15, -0.1) is 11.3 Å². The van der Waals surface area contributed by atoms with Crippen LogP contribution in [0.25, 0.3) is 11.0 Å². The van der Waals surface area contributed by atoms with Crippen molar-refractivity contribution in [2.45, 2.75) is 25.2 Å². The van der Waals surface area contributed by atoms with Crippen molar-refractivity contribution in [3.05, 3.63) is 46.4 Å². The third-order valence-electron chi connectivity index (χ3n) is 4.06. The lowest BCUT2D eigenvalue weighted by Gasteiger charge is -2.04. The topological polar surface area (TPSA) is 46.9 Å². The average Bonchev–Trinajstić information content (AvgIpc) is 3.12. The van der Waals surface area contributed by atoms with Crippen molar-refractivity contribution in [2.75, 3.05) is 5.32 Å². The van der Waals surface area contributed by atoms with E-state index < -0.39 is 0 Å². The molecule has 0 spiro atoms. The summed E-state index contributed by atoms with van der Waals surface area (Å²) in [6.45, 7) is 0. The molecular formula is C17H17N3OS. The van der Waals surface area contributed by atoms with E-state index in [-0.39, 0.29) is 5.91 Å². The zero-order valence-electron chi connectivity index (χ0n) is 12.4. The fraction of sp³-hybridized carbons (Fsp3) is 0.294. The normalized spacial score (nSPS) is 14.4. The van der Waals surface area contributed by atoms with Crippen LogP contribution < -0.4 is 5.32 Å². The van der Waals surface area contributed by atoms with Gasteiger partial charge < -0.3 is 9.88 Å². The monoisotopic (exact) mass is 311 g/mol. The van der Waals surface area contributed by atoms with Crippen LogP contribution in [0, 0.1) is 0 Å². The molecule has 2 heterocycles. The van der Waals surface area contributed by atoms with Crippen molar-refractivity contribution in [3.8, 4) is 0 Å². The lowest BCUT2D eigenvalue weighted by molar-refractivity contribution is -0.115. The third kappa shape index (κ3) is 2.52. The summed E-state index contributed by atoms with van der Waals surface area (Å²) in [5, 5.41) is 4.95. The minimum atomic E-state index is 0.0140. The highest BCUT2D eigenvalue weighted by molar-refractivity contribution is 7.10. The van der Waals surface area contributed by atoms with Crippen molar-refractivity contribution in [2.24, 2.45) is 7.05 Å². The molecule has 1 aromatic carbocycles. The molecule has 1 amide bonds. The predicted octanol–water partition coefficient (Wildman–Crippen LogP) is 3.69. The van der Waals surface area contributed by atoms with E-state index in [1.165, 1.54) is 12.8 Å². The standard InChI is InChI=1S/C17H17N3OS/c1-20-15-7-6-12(9-14(15)19-17(20)11-4-5-11)18-16(21)10-13-3-2-8-22-13/h2-3,6-9,11H,4-5,10H2,1H3,(H,18,21). The van der Waals surface area contributed by atoms with Crippen molar-refractivity contribution >= 4 is 34.0 Å². The molecule has 1 aliphatic carbocycles. The first-order valence-corrected chi connectivity index (χ1v) is 8.37. The molecule has 0 radical (unpaired) electrons. The SMILES string of the molecule is Cn1c(C2CC2)nc2cc(NC(=O)Cc3cccs3)ccc21. The van der Waals surface area contributed by atoms with Crippen LogP contribution in [0.1, 0.15) is 29.5 Å². The first kappa shape index (κ1) is 13.5. The van der Waals surface area contributed by atoms with Gasteiger partial charge in [-0.1, -0.05) is 6.07 Å². The van der Waals surface area contributed by atoms with E-state index in [1.54, 1.807) is 11.3 Å². The Hall–Kier alpha value is -2.14. The van der Waals surface area contributed by atoms with Gasteiger partial charge in [0.2, 0.25) is 5.91 Å². The van der Waals surface area contributed by atoms with Gasteiger partial charge in [0.15, 0.2) is 0 Å². The van der Waals surface area contributed by atoms with Gasteiger partial charge in [0.1, 0.15) is 5.82 Å². The Morgan fingerprint density at radius 2 is 2.27 bits per heavy atom. The molecule has 3 aromatic rings. The van der Waals surface area contributed by atoms with Crippen LogP contribution in [0.4, 0.5) is 5.69 Å². The first-order chi connectivity index (χ1) is 10.7. The molecule has 4 rings (SSSR count). The summed E-state index contributed by atoms with van der Waals surface area (Å²) in [7, 11) is 2.07. The molecule has 1 aliphatic rings. The highest BCUT2D eigenvalue weighted by Crippen LogP contribution is 2.40. The number of amides is 1. The average molecular weight is 311 g/mol.